The van der Waals surface area contributed by atoms with Crippen molar-refractivity contribution in [2.24, 2.45) is 0 Å². The van der Waals surface area contributed by atoms with Gasteiger partial charge in [0.2, 0.25) is 0 Å². The summed E-state index contributed by atoms with van der Waals surface area (Å²) in [7, 11) is 0. The van der Waals surface area contributed by atoms with Crippen LogP contribution in [0.25, 0.3) is 5.52 Å². The molecule has 2 aromatic rings. The average molecular weight is 314 g/mol. The fraction of sp³-hybridized carbons (Fsp3) is 0.273. The average Bonchev–Trinajstić information content (AvgIpc) is 2.62. The van der Waals surface area contributed by atoms with Crippen LogP contribution < -0.4 is 0 Å². The van der Waals surface area contributed by atoms with Gasteiger partial charge in [0.05, 0.1) is 11.2 Å². The maximum absolute atomic E-state index is 11.4. The quantitative estimate of drug-likeness (QED) is 0.485. The number of hydrogen-bond donors (Lipinski definition) is 0. The zero-order valence-corrected chi connectivity index (χ0v) is 10.8. The molecule has 0 N–H and O–H groups in total. The monoisotopic (exact) mass is 314 g/mol. The Bertz CT molecular complexity index is 531. The van der Waals surface area contributed by atoms with Crippen LogP contribution in [0.1, 0.15) is 29.9 Å². The Morgan fingerprint density at radius 2 is 2.27 bits per heavy atom. The highest BCUT2D eigenvalue weighted by Crippen LogP contribution is 2.17. The van der Waals surface area contributed by atoms with Crippen molar-refractivity contribution in [3.63, 3.8) is 0 Å². The summed E-state index contributed by atoms with van der Waals surface area (Å²) in [5, 5.41) is 4.43. The third-order valence-corrected chi connectivity index (χ3v) is 3.18. The number of aromatic nitrogens is 2. The lowest BCUT2D eigenvalue weighted by Gasteiger charge is -2.01. The highest BCUT2D eigenvalue weighted by molar-refractivity contribution is 14.1. The van der Waals surface area contributed by atoms with Crippen LogP contribution in [-0.4, -0.2) is 15.4 Å². The van der Waals surface area contributed by atoms with Crippen LogP contribution in [0.15, 0.2) is 18.2 Å². The van der Waals surface area contributed by atoms with Crippen LogP contribution in [-0.2, 0) is 6.42 Å². The number of rotatable bonds is 2. The molecule has 0 atom stereocenters. The Kier molecular flexibility index (Phi) is 2.77. The molecule has 0 saturated heterocycles. The van der Waals surface area contributed by atoms with Gasteiger partial charge in [-0.2, -0.15) is 5.10 Å². The third kappa shape index (κ3) is 1.78. The van der Waals surface area contributed by atoms with Crippen LogP contribution >= 0.6 is 22.6 Å². The number of hydrogen-bond acceptors (Lipinski definition) is 2. The number of pyridine rings is 1. The number of fused-ring (bicyclic) bond motifs is 1. The number of Topliss-reactive ketones (excluding diaryl/α,β-unsaturated/α-hetero) is 1. The van der Waals surface area contributed by atoms with E-state index in [1.165, 1.54) is 0 Å². The third-order valence-electron chi connectivity index (χ3n) is 2.37. The van der Waals surface area contributed by atoms with Gasteiger partial charge in [-0.05, 0) is 54.1 Å². The Morgan fingerprint density at radius 1 is 1.53 bits per heavy atom. The fourth-order valence-electron chi connectivity index (χ4n) is 1.56. The van der Waals surface area contributed by atoms with Gasteiger partial charge >= 0.3 is 0 Å². The lowest BCUT2D eigenvalue weighted by atomic mass is 10.1. The SMILES string of the molecule is CCc1cc2c(C(C)=O)ccc(I)n2n1. The first-order chi connectivity index (χ1) is 7.13. The van der Waals surface area contributed by atoms with E-state index >= 15 is 0 Å². The molecule has 0 aliphatic carbocycles. The summed E-state index contributed by atoms with van der Waals surface area (Å²) in [6, 6.07) is 5.76. The molecule has 0 spiro atoms. The Labute approximate surface area is 102 Å². The van der Waals surface area contributed by atoms with Gasteiger partial charge in [-0.3, -0.25) is 4.79 Å². The van der Waals surface area contributed by atoms with Crippen LogP contribution in [0, 0.1) is 3.70 Å². The molecule has 0 radical (unpaired) electrons. The summed E-state index contributed by atoms with van der Waals surface area (Å²) in [6.45, 7) is 3.64. The Hall–Kier alpha value is -0.910. The predicted molar refractivity (Wildman–Crippen MR) is 67.3 cm³/mol. The van der Waals surface area contributed by atoms with E-state index in [4.69, 9.17) is 0 Å². The molecular formula is C11H11IN2O. The van der Waals surface area contributed by atoms with Crippen molar-refractivity contribution in [3.8, 4) is 0 Å². The molecule has 2 heterocycles. The molecule has 0 saturated carbocycles. The summed E-state index contributed by atoms with van der Waals surface area (Å²) < 4.78 is 2.85. The second-order valence-corrected chi connectivity index (χ2v) is 4.52. The Balaban J connectivity index is 2.80. The number of halogens is 1. The molecule has 2 rings (SSSR count). The van der Waals surface area contributed by atoms with Gasteiger partial charge in [-0.1, -0.05) is 6.92 Å². The number of nitrogens with zero attached hydrogens (tertiary/aromatic N) is 2. The van der Waals surface area contributed by atoms with E-state index in [-0.39, 0.29) is 5.78 Å². The molecule has 78 valence electrons. The molecule has 0 aromatic carbocycles. The van der Waals surface area contributed by atoms with E-state index < -0.39 is 0 Å². The molecule has 0 unspecified atom stereocenters. The highest BCUT2D eigenvalue weighted by Gasteiger charge is 2.10. The highest BCUT2D eigenvalue weighted by atomic mass is 127. The van der Waals surface area contributed by atoms with E-state index in [0.29, 0.717) is 0 Å². The van der Waals surface area contributed by atoms with Gasteiger partial charge < -0.3 is 0 Å². The van der Waals surface area contributed by atoms with E-state index in [9.17, 15) is 4.79 Å². The van der Waals surface area contributed by atoms with E-state index in [1.54, 1.807) is 6.92 Å². The lowest BCUT2D eigenvalue weighted by molar-refractivity contribution is 0.101. The molecule has 0 aliphatic rings. The number of carbonyl (C=O) groups excluding carboxylic acids is 1. The Morgan fingerprint density at radius 3 is 2.87 bits per heavy atom. The molecule has 2 aromatic heterocycles. The molecular weight excluding hydrogens is 303 g/mol. The normalized spacial score (nSPS) is 10.9. The topological polar surface area (TPSA) is 34.4 Å². The lowest BCUT2D eigenvalue weighted by Crippen LogP contribution is -2.00. The van der Waals surface area contributed by atoms with Crippen molar-refractivity contribution in [3.05, 3.63) is 33.2 Å². The zero-order chi connectivity index (χ0) is 11.0. The van der Waals surface area contributed by atoms with Gasteiger partial charge in [0.25, 0.3) is 0 Å². The number of aryl methyl sites for hydroxylation is 1. The first-order valence-corrected chi connectivity index (χ1v) is 5.89. The van der Waals surface area contributed by atoms with Crippen molar-refractivity contribution in [2.75, 3.05) is 0 Å². The zero-order valence-electron chi connectivity index (χ0n) is 8.62. The molecule has 4 heteroatoms. The minimum atomic E-state index is 0.0824. The summed E-state index contributed by atoms with van der Waals surface area (Å²) in [4.78, 5) is 11.4. The van der Waals surface area contributed by atoms with Gasteiger partial charge in [0.15, 0.2) is 5.78 Å². The molecule has 0 amide bonds. The largest absolute Gasteiger partial charge is 0.294 e. The second-order valence-electron chi connectivity index (χ2n) is 3.41. The number of ketones is 1. The maximum atomic E-state index is 11.4. The molecule has 0 fully saturated rings. The molecule has 3 nitrogen and oxygen atoms in total. The van der Waals surface area contributed by atoms with Crippen molar-refractivity contribution < 1.29 is 4.79 Å². The fourth-order valence-corrected chi connectivity index (χ4v) is 2.11. The second kappa shape index (κ2) is 3.92. The summed E-state index contributed by atoms with van der Waals surface area (Å²) in [5.74, 6) is 0.0824. The van der Waals surface area contributed by atoms with Crippen molar-refractivity contribution >= 4 is 33.9 Å². The van der Waals surface area contributed by atoms with Crippen LogP contribution in [0.5, 0.6) is 0 Å². The van der Waals surface area contributed by atoms with E-state index in [0.717, 1.165) is 26.9 Å². The molecule has 0 bridgehead atoms. The minimum absolute atomic E-state index is 0.0824. The molecule has 15 heavy (non-hydrogen) atoms. The predicted octanol–water partition coefficient (Wildman–Crippen LogP) is 2.70. The van der Waals surface area contributed by atoms with Crippen molar-refractivity contribution in [1.29, 1.82) is 0 Å². The van der Waals surface area contributed by atoms with Gasteiger partial charge in [-0.15, -0.1) is 0 Å². The van der Waals surface area contributed by atoms with Crippen LogP contribution in [0.2, 0.25) is 0 Å². The standard InChI is InChI=1S/C11H11IN2O/c1-3-8-6-10-9(7(2)15)4-5-11(12)14(10)13-8/h4-6H,3H2,1-2H3. The van der Waals surface area contributed by atoms with Gasteiger partial charge in [0, 0.05) is 5.56 Å². The van der Waals surface area contributed by atoms with E-state index in [2.05, 4.69) is 34.6 Å². The first-order valence-electron chi connectivity index (χ1n) is 4.81. The maximum Gasteiger partial charge on any atom is 0.161 e. The smallest absolute Gasteiger partial charge is 0.161 e. The summed E-state index contributed by atoms with van der Waals surface area (Å²) in [5.41, 5.74) is 2.66. The number of carbonyl (C=O) groups is 1. The summed E-state index contributed by atoms with van der Waals surface area (Å²) >= 11 is 2.22. The van der Waals surface area contributed by atoms with Crippen molar-refractivity contribution in [2.45, 2.75) is 20.3 Å². The summed E-state index contributed by atoms with van der Waals surface area (Å²) in [6.07, 6.45) is 0.884. The molecule has 0 aliphatic heterocycles. The van der Waals surface area contributed by atoms with Gasteiger partial charge in [-0.25, -0.2) is 4.52 Å². The van der Waals surface area contributed by atoms with Crippen LogP contribution in [0.3, 0.4) is 0 Å². The van der Waals surface area contributed by atoms with Crippen molar-refractivity contribution in [1.82, 2.24) is 9.61 Å². The van der Waals surface area contributed by atoms with Gasteiger partial charge in [0.1, 0.15) is 3.70 Å². The first kappa shape index (κ1) is 10.6. The van der Waals surface area contributed by atoms with E-state index in [1.807, 2.05) is 22.7 Å². The minimum Gasteiger partial charge on any atom is -0.294 e. The van der Waals surface area contributed by atoms with Crippen LogP contribution in [0.4, 0.5) is 0 Å².